The molecule has 0 aromatic heterocycles. The Morgan fingerprint density at radius 2 is 1.76 bits per heavy atom. The molecule has 0 fully saturated rings. The number of nitrogens with one attached hydrogen (secondary N) is 2. The highest BCUT2D eigenvalue weighted by molar-refractivity contribution is 7.80. The SMILES string of the molecule is Oc1ccc(CNC(=S)Nc2ccc(Cl)c(Cl)c2)cc1O. The molecule has 2 rings (SSSR count). The van der Waals surface area contributed by atoms with Crippen LogP contribution in [-0.4, -0.2) is 15.3 Å². The second kappa shape index (κ2) is 6.85. The summed E-state index contributed by atoms with van der Waals surface area (Å²) in [5.74, 6) is -0.326. The monoisotopic (exact) mass is 342 g/mol. The molecule has 0 saturated carbocycles. The van der Waals surface area contributed by atoms with Gasteiger partial charge in [0.25, 0.3) is 0 Å². The highest BCUT2D eigenvalue weighted by Gasteiger charge is 2.03. The predicted octanol–water partition coefficient (Wildman–Crippen LogP) is 3.89. The van der Waals surface area contributed by atoms with Crippen LogP contribution in [0.5, 0.6) is 11.5 Å². The van der Waals surface area contributed by atoms with E-state index < -0.39 is 0 Å². The summed E-state index contributed by atoms with van der Waals surface area (Å²) < 4.78 is 0. The molecule has 0 aliphatic carbocycles. The van der Waals surface area contributed by atoms with Gasteiger partial charge in [-0.3, -0.25) is 0 Å². The van der Waals surface area contributed by atoms with Crippen LogP contribution in [0.15, 0.2) is 36.4 Å². The Balaban J connectivity index is 1.92. The van der Waals surface area contributed by atoms with E-state index in [2.05, 4.69) is 10.6 Å². The van der Waals surface area contributed by atoms with E-state index >= 15 is 0 Å². The van der Waals surface area contributed by atoms with Gasteiger partial charge in [-0.1, -0.05) is 29.3 Å². The first-order valence-electron chi connectivity index (χ1n) is 5.96. The molecular weight excluding hydrogens is 331 g/mol. The lowest BCUT2D eigenvalue weighted by molar-refractivity contribution is 0.403. The molecule has 0 spiro atoms. The smallest absolute Gasteiger partial charge is 0.171 e. The van der Waals surface area contributed by atoms with Crippen molar-refractivity contribution >= 4 is 46.2 Å². The second-order valence-corrected chi connectivity index (χ2v) is 5.48. The third-order valence-corrected chi connectivity index (χ3v) is 3.66. The molecule has 0 bridgehead atoms. The number of hydrogen-bond donors (Lipinski definition) is 4. The zero-order valence-corrected chi connectivity index (χ0v) is 13.1. The molecule has 4 N–H and O–H groups in total. The Labute approximate surface area is 137 Å². The van der Waals surface area contributed by atoms with Gasteiger partial charge in [0.2, 0.25) is 0 Å². The molecule has 7 heteroatoms. The quantitative estimate of drug-likeness (QED) is 0.503. The molecule has 0 radical (unpaired) electrons. The number of aromatic hydroxyl groups is 2. The molecular formula is C14H12Cl2N2O2S. The van der Waals surface area contributed by atoms with Crippen LogP contribution in [0.2, 0.25) is 10.0 Å². The van der Waals surface area contributed by atoms with E-state index in [4.69, 9.17) is 35.4 Å². The van der Waals surface area contributed by atoms with Crippen LogP contribution in [-0.2, 0) is 6.54 Å². The van der Waals surface area contributed by atoms with Gasteiger partial charge in [0.1, 0.15) is 0 Å². The van der Waals surface area contributed by atoms with Gasteiger partial charge >= 0.3 is 0 Å². The molecule has 0 heterocycles. The van der Waals surface area contributed by atoms with Gasteiger partial charge in [0.05, 0.1) is 10.0 Å². The first-order chi connectivity index (χ1) is 9.95. The van der Waals surface area contributed by atoms with E-state index in [1.54, 1.807) is 24.3 Å². The summed E-state index contributed by atoms with van der Waals surface area (Å²) in [5, 5.41) is 25.9. The van der Waals surface area contributed by atoms with Crippen LogP contribution in [0.3, 0.4) is 0 Å². The summed E-state index contributed by atoms with van der Waals surface area (Å²) >= 11 is 16.9. The van der Waals surface area contributed by atoms with E-state index in [1.807, 2.05) is 0 Å². The van der Waals surface area contributed by atoms with Crippen LogP contribution >= 0.6 is 35.4 Å². The molecule has 110 valence electrons. The molecule has 0 aliphatic rings. The lowest BCUT2D eigenvalue weighted by atomic mass is 10.2. The Morgan fingerprint density at radius 3 is 2.43 bits per heavy atom. The third kappa shape index (κ3) is 4.39. The van der Waals surface area contributed by atoms with Gasteiger partial charge in [-0.25, -0.2) is 0 Å². The summed E-state index contributed by atoms with van der Waals surface area (Å²) in [4.78, 5) is 0. The first-order valence-corrected chi connectivity index (χ1v) is 7.13. The Morgan fingerprint density at radius 1 is 1.00 bits per heavy atom. The molecule has 0 atom stereocenters. The Bertz CT molecular complexity index is 680. The van der Waals surface area contributed by atoms with Crippen LogP contribution in [0, 0.1) is 0 Å². The summed E-state index contributed by atoms with van der Waals surface area (Å²) in [6, 6.07) is 9.67. The molecule has 0 amide bonds. The minimum absolute atomic E-state index is 0.157. The first kappa shape index (κ1) is 15.7. The number of benzene rings is 2. The minimum atomic E-state index is -0.169. The van der Waals surface area contributed by atoms with Crippen molar-refractivity contribution in [2.45, 2.75) is 6.54 Å². The fourth-order valence-corrected chi connectivity index (χ4v) is 2.10. The molecule has 0 saturated heterocycles. The van der Waals surface area contributed by atoms with Crippen molar-refractivity contribution in [3.05, 3.63) is 52.0 Å². The maximum atomic E-state index is 9.40. The number of thiocarbonyl (C=S) groups is 1. The highest BCUT2D eigenvalue weighted by Crippen LogP contribution is 2.25. The van der Waals surface area contributed by atoms with E-state index in [0.717, 1.165) is 11.3 Å². The largest absolute Gasteiger partial charge is 0.504 e. The van der Waals surface area contributed by atoms with E-state index in [-0.39, 0.29) is 11.5 Å². The molecule has 4 nitrogen and oxygen atoms in total. The van der Waals surface area contributed by atoms with Gasteiger partial charge in [0, 0.05) is 12.2 Å². The number of hydrogen-bond acceptors (Lipinski definition) is 3. The standard InChI is InChI=1S/C14H12Cl2N2O2S/c15-10-3-2-9(6-11(10)16)18-14(21)17-7-8-1-4-12(19)13(20)5-8/h1-6,19-20H,7H2,(H2,17,18,21). The number of phenols is 2. The van der Waals surface area contributed by atoms with Crippen LogP contribution in [0.25, 0.3) is 0 Å². The zero-order valence-electron chi connectivity index (χ0n) is 10.7. The predicted molar refractivity (Wildman–Crippen MR) is 89.3 cm³/mol. The van der Waals surface area contributed by atoms with Crippen molar-refractivity contribution in [1.82, 2.24) is 5.32 Å². The maximum absolute atomic E-state index is 9.40. The number of anilines is 1. The van der Waals surface area contributed by atoms with Gasteiger partial charge in [-0.2, -0.15) is 0 Å². The topological polar surface area (TPSA) is 64.5 Å². The van der Waals surface area contributed by atoms with Gasteiger partial charge in [-0.05, 0) is 48.1 Å². The maximum Gasteiger partial charge on any atom is 0.171 e. The van der Waals surface area contributed by atoms with Crippen LogP contribution < -0.4 is 10.6 Å². The molecule has 2 aromatic carbocycles. The lowest BCUT2D eigenvalue weighted by Crippen LogP contribution is -2.27. The van der Waals surface area contributed by atoms with E-state index in [0.29, 0.717) is 21.7 Å². The van der Waals surface area contributed by atoms with Crippen LogP contribution in [0.1, 0.15) is 5.56 Å². The number of phenolic OH excluding ortho intramolecular Hbond substituents is 2. The van der Waals surface area contributed by atoms with Crippen molar-refractivity contribution in [2.75, 3.05) is 5.32 Å². The van der Waals surface area contributed by atoms with Crippen molar-refractivity contribution in [3.8, 4) is 11.5 Å². The number of rotatable bonds is 3. The minimum Gasteiger partial charge on any atom is -0.504 e. The summed E-state index contributed by atoms with van der Waals surface area (Å²) in [5.41, 5.74) is 1.50. The van der Waals surface area contributed by atoms with Crippen LogP contribution in [0.4, 0.5) is 5.69 Å². The van der Waals surface area contributed by atoms with Gasteiger partial charge in [-0.15, -0.1) is 0 Å². The molecule has 0 aliphatic heterocycles. The van der Waals surface area contributed by atoms with Gasteiger partial charge in [0.15, 0.2) is 16.6 Å². The lowest BCUT2D eigenvalue weighted by Gasteiger charge is -2.11. The summed E-state index contributed by atoms with van der Waals surface area (Å²) in [7, 11) is 0. The zero-order chi connectivity index (χ0) is 15.4. The average Bonchev–Trinajstić information content (AvgIpc) is 2.44. The highest BCUT2D eigenvalue weighted by atomic mass is 35.5. The Hall–Kier alpha value is -1.69. The van der Waals surface area contributed by atoms with Crippen molar-refractivity contribution in [3.63, 3.8) is 0 Å². The van der Waals surface area contributed by atoms with Gasteiger partial charge < -0.3 is 20.8 Å². The fraction of sp³-hybridized carbons (Fsp3) is 0.0714. The van der Waals surface area contributed by atoms with Crippen molar-refractivity contribution in [2.24, 2.45) is 0 Å². The van der Waals surface area contributed by atoms with E-state index in [1.165, 1.54) is 12.1 Å². The average molecular weight is 343 g/mol. The second-order valence-electron chi connectivity index (χ2n) is 4.26. The Kier molecular flexibility index (Phi) is 5.12. The molecule has 2 aromatic rings. The van der Waals surface area contributed by atoms with Crippen molar-refractivity contribution < 1.29 is 10.2 Å². The van der Waals surface area contributed by atoms with E-state index in [9.17, 15) is 10.2 Å². The van der Waals surface area contributed by atoms with Crippen molar-refractivity contribution in [1.29, 1.82) is 0 Å². The molecule has 0 unspecified atom stereocenters. The number of halogens is 2. The third-order valence-electron chi connectivity index (χ3n) is 2.67. The summed E-state index contributed by atoms with van der Waals surface area (Å²) in [6.07, 6.45) is 0. The summed E-state index contributed by atoms with van der Waals surface area (Å²) in [6.45, 7) is 0.404. The molecule has 21 heavy (non-hydrogen) atoms. The normalized spacial score (nSPS) is 10.2. The fourth-order valence-electron chi connectivity index (χ4n) is 1.61.